The molecule has 138 valence electrons. The van der Waals surface area contributed by atoms with Crippen LogP contribution in [0.4, 0.5) is 0 Å². The Labute approximate surface area is 153 Å². The van der Waals surface area contributed by atoms with Gasteiger partial charge in [-0.05, 0) is 44.2 Å². The molecule has 0 spiro atoms. The number of carbonyl (C=O) groups excluding carboxylic acids is 2. The number of carbonyl (C=O) groups is 2. The van der Waals surface area contributed by atoms with Crippen LogP contribution in [0.5, 0.6) is 11.5 Å². The molecule has 0 N–H and O–H groups in total. The Morgan fingerprint density at radius 1 is 1.27 bits per heavy atom. The maximum absolute atomic E-state index is 12.8. The second-order valence-electron chi connectivity index (χ2n) is 6.51. The number of nitrogens with zero attached hydrogens (tertiary/aromatic N) is 2. The fraction of sp³-hybridized carbons (Fsp3) is 0.400. The Morgan fingerprint density at radius 2 is 2.04 bits per heavy atom. The molecule has 0 bridgehead atoms. The van der Waals surface area contributed by atoms with Gasteiger partial charge in [0.1, 0.15) is 0 Å². The lowest BCUT2D eigenvalue weighted by Gasteiger charge is -2.27. The highest BCUT2D eigenvalue weighted by Gasteiger charge is 2.27. The number of hydrogen-bond acceptors (Lipinski definition) is 5. The first-order valence-corrected chi connectivity index (χ1v) is 8.85. The smallest absolute Gasteiger partial charge is 0.251 e. The fourth-order valence-electron chi connectivity index (χ4n) is 3.02. The van der Waals surface area contributed by atoms with E-state index in [0.717, 1.165) is 13.0 Å². The molecule has 1 amide bonds. The number of allylic oxidation sites excluding steroid dienone is 1. The van der Waals surface area contributed by atoms with E-state index in [4.69, 9.17) is 9.47 Å². The second-order valence-corrected chi connectivity index (χ2v) is 6.51. The highest BCUT2D eigenvalue weighted by molar-refractivity contribution is 6.04. The Bertz CT molecular complexity index is 769. The molecule has 0 aromatic heterocycles. The van der Waals surface area contributed by atoms with Crippen molar-refractivity contribution < 1.29 is 19.1 Å². The third kappa shape index (κ3) is 3.59. The lowest BCUT2D eigenvalue weighted by Crippen LogP contribution is -2.41. The number of ether oxygens (including phenoxy) is 2. The fourth-order valence-corrected chi connectivity index (χ4v) is 3.02. The molecule has 2 heterocycles. The van der Waals surface area contributed by atoms with Crippen molar-refractivity contribution in [2.75, 3.05) is 20.4 Å². The van der Waals surface area contributed by atoms with Crippen LogP contribution in [-0.2, 0) is 4.79 Å². The molecule has 1 atom stereocenters. The molecule has 0 unspecified atom stereocenters. The minimum atomic E-state index is -0.575. The average molecular weight is 356 g/mol. The first kappa shape index (κ1) is 18.0. The maximum Gasteiger partial charge on any atom is 0.251 e. The lowest BCUT2D eigenvalue weighted by atomic mass is 10.0. The van der Waals surface area contributed by atoms with Gasteiger partial charge >= 0.3 is 0 Å². The van der Waals surface area contributed by atoms with Gasteiger partial charge in [-0.25, -0.2) is 0 Å². The van der Waals surface area contributed by atoms with Crippen molar-refractivity contribution in [2.45, 2.75) is 32.7 Å². The van der Waals surface area contributed by atoms with Crippen LogP contribution in [0.3, 0.4) is 0 Å². The van der Waals surface area contributed by atoms with E-state index in [1.807, 2.05) is 23.4 Å². The first-order chi connectivity index (χ1) is 12.5. The monoisotopic (exact) mass is 356 g/mol. The van der Waals surface area contributed by atoms with Crippen molar-refractivity contribution in [3.63, 3.8) is 0 Å². The Kier molecular flexibility index (Phi) is 5.30. The van der Waals surface area contributed by atoms with Gasteiger partial charge in [0.25, 0.3) is 5.91 Å². The first-order valence-electron chi connectivity index (χ1n) is 8.85. The van der Waals surface area contributed by atoms with Crippen molar-refractivity contribution in [2.24, 2.45) is 0 Å². The molecule has 26 heavy (non-hydrogen) atoms. The van der Waals surface area contributed by atoms with E-state index in [-0.39, 0.29) is 18.5 Å². The van der Waals surface area contributed by atoms with Crippen LogP contribution in [0.15, 0.2) is 42.2 Å². The number of amides is 1. The topological polar surface area (TPSA) is 59.1 Å². The zero-order valence-corrected chi connectivity index (χ0v) is 15.4. The van der Waals surface area contributed by atoms with Gasteiger partial charge in [0.05, 0.1) is 6.04 Å². The second kappa shape index (κ2) is 7.64. The highest BCUT2D eigenvalue weighted by atomic mass is 16.7. The van der Waals surface area contributed by atoms with Crippen LogP contribution < -0.4 is 9.47 Å². The molecule has 1 aromatic rings. The molecule has 0 radical (unpaired) electrons. The largest absolute Gasteiger partial charge is 0.454 e. The van der Waals surface area contributed by atoms with E-state index in [0.29, 0.717) is 29.1 Å². The third-order valence-electron chi connectivity index (χ3n) is 4.65. The van der Waals surface area contributed by atoms with Crippen molar-refractivity contribution in [1.82, 2.24) is 9.80 Å². The van der Waals surface area contributed by atoms with Crippen LogP contribution in [0.1, 0.15) is 37.0 Å². The van der Waals surface area contributed by atoms with Gasteiger partial charge in [-0.2, -0.15) is 0 Å². The summed E-state index contributed by atoms with van der Waals surface area (Å²) in [5, 5.41) is 0. The van der Waals surface area contributed by atoms with E-state index >= 15 is 0 Å². The predicted octanol–water partition coefficient (Wildman–Crippen LogP) is 2.96. The number of Topliss-reactive ketones (excluding diaryl/α,β-unsaturated/α-hetero) is 1. The number of likely N-dealkylation sites (N-methyl/N-ethyl adjacent to an activating group) is 1. The van der Waals surface area contributed by atoms with Crippen molar-refractivity contribution in [3.8, 4) is 11.5 Å². The summed E-state index contributed by atoms with van der Waals surface area (Å²) in [5.74, 6) is 0.940. The molecule has 1 aromatic carbocycles. The quantitative estimate of drug-likeness (QED) is 0.734. The van der Waals surface area contributed by atoms with E-state index in [1.54, 1.807) is 32.2 Å². The summed E-state index contributed by atoms with van der Waals surface area (Å²) in [7, 11) is 1.67. The number of benzene rings is 1. The van der Waals surface area contributed by atoms with Gasteiger partial charge < -0.3 is 19.3 Å². The van der Waals surface area contributed by atoms with Crippen LogP contribution in [0.2, 0.25) is 0 Å². The highest BCUT2D eigenvalue weighted by Crippen LogP contribution is 2.33. The SMILES string of the molecule is CCCN1C=CCC(C(=O)N(C)[C@@H](C)C(=O)c2ccc3c(c2)OCO3)=C1. The van der Waals surface area contributed by atoms with Crippen LogP contribution >= 0.6 is 0 Å². The molecule has 0 saturated carbocycles. The molecule has 3 rings (SSSR count). The Morgan fingerprint density at radius 3 is 2.81 bits per heavy atom. The number of ketones is 1. The van der Waals surface area contributed by atoms with Crippen LogP contribution in [-0.4, -0.2) is 47.9 Å². The summed E-state index contributed by atoms with van der Waals surface area (Å²) >= 11 is 0. The summed E-state index contributed by atoms with van der Waals surface area (Å²) < 4.78 is 10.6. The summed E-state index contributed by atoms with van der Waals surface area (Å²) in [6.45, 7) is 4.86. The Hall–Kier alpha value is -2.76. The van der Waals surface area contributed by atoms with Gasteiger partial charge in [-0.15, -0.1) is 0 Å². The van der Waals surface area contributed by atoms with Crippen molar-refractivity contribution in [1.29, 1.82) is 0 Å². The van der Waals surface area contributed by atoms with E-state index in [9.17, 15) is 9.59 Å². The average Bonchev–Trinajstić information content (AvgIpc) is 3.14. The minimum absolute atomic E-state index is 0.128. The standard InChI is InChI=1S/C20H24N2O4/c1-4-9-22-10-5-6-16(12-22)20(24)21(3)14(2)19(23)15-7-8-17-18(11-15)26-13-25-17/h5,7-8,10-12,14H,4,6,9,13H2,1-3H3/t14-/m0/s1. The van der Waals surface area contributed by atoms with Crippen LogP contribution in [0, 0.1) is 0 Å². The van der Waals surface area contributed by atoms with E-state index in [2.05, 4.69) is 6.92 Å². The van der Waals surface area contributed by atoms with Gasteiger partial charge in [0.15, 0.2) is 17.3 Å². The van der Waals surface area contributed by atoms with Crippen LogP contribution in [0.25, 0.3) is 0 Å². The zero-order valence-electron chi connectivity index (χ0n) is 15.4. The molecule has 6 nitrogen and oxygen atoms in total. The molecule has 0 saturated heterocycles. The molecule has 2 aliphatic rings. The predicted molar refractivity (Wildman–Crippen MR) is 98.0 cm³/mol. The molecular weight excluding hydrogens is 332 g/mol. The van der Waals surface area contributed by atoms with Gasteiger partial charge in [0.2, 0.25) is 6.79 Å². The molecule has 6 heteroatoms. The van der Waals surface area contributed by atoms with Gasteiger partial charge in [0, 0.05) is 30.9 Å². The summed E-state index contributed by atoms with van der Waals surface area (Å²) in [5.41, 5.74) is 1.19. The van der Waals surface area contributed by atoms with Gasteiger partial charge in [-0.3, -0.25) is 9.59 Å². The van der Waals surface area contributed by atoms with E-state index in [1.165, 1.54) is 4.90 Å². The minimum Gasteiger partial charge on any atom is -0.454 e. The summed E-state index contributed by atoms with van der Waals surface area (Å²) in [4.78, 5) is 29.1. The zero-order chi connectivity index (χ0) is 18.7. The summed E-state index contributed by atoms with van der Waals surface area (Å²) in [6, 6.07) is 4.53. The molecule has 2 aliphatic heterocycles. The van der Waals surface area contributed by atoms with E-state index < -0.39 is 6.04 Å². The molecular formula is C20H24N2O4. The van der Waals surface area contributed by atoms with Crippen molar-refractivity contribution >= 4 is 11.7 Å². The normalized spacial score (nSPS) is 16.3. The lowest BCUT2D eigenvalue weighted by molar-refractivity contribution is -0.127. The maximum atomic E-state index is 12.8. The molecule has 0 fully saturated rings. The van der Waals surface area contributed by atoms with Crippen molar-refractivity contribution in [3.05, 3.63) is 47.8 Å². The third-order valence-corrected chi connectivity index (χ3v) is 4.65. The number of hydrogen-bond donors (Lipinski definition) is 0. The van der Waals surface area contributed by atoms with Gasteiger partial charge in [-0.1, -0.05) is 13.0 Å². The number of rotatable bonds is 6. The Balaban J connectivity index is 1.71. The number of fused-ring (bicyclic) bond motifs is 1. The summed E-state index contributed by atoms with van der Waals surface area (Å²) in [6.07, 6.45) is 7.41. The molecule has 0 aliphatic carbocycles.